The molecule has 3 aliphatic heterocycles. The Morgan fingerprint density at radius 2 is 2.07 bits per heavy atom. The van der Waals surface area contributed by atoms with Crippen LogP contribution >= 0.6 is 0 Å². The highest BCUT2D eigenvalue weighted by Crippen LogP contribution is 2.62. The van der Waals surface area contributed by atoms with Crippen LogP contribution in [0.1, 0.15) is 59.3 Å². The van der Waals surface area contributed by atoms with E-state index in [0.717, 1.165) is 36.8 Å². The van der Waals surface area contributed by atoms with Gasteiger partial charge in [-0.1, -0.05) is 45.1 Å². The highest BCUT2D eigenvalue weighted by molar-refractivity contribution is 5.95. The van der Waals surface area contributed by atoms with Gasteiger partial charge < -0.3 is 20.3 Å². The van der Waals surface area contributed by atoms with E-state index in [1.165, 1.54) is 0 Å². The molecule has 6 rings (SSSR count). The fourth-order valence-corrected chi connectivity index (χ4v) is 8.82. The summed E-state index contributed by atoms with van der Waals surface area (Å²) in [6.07, 6.45) is 14.9. The molecule has 5 unspecified atom stereocenters. The highest BCUT2D eigenvalue weighted by atomic mass is 16.5. The number of rotatable bonds is 8. The molecule has 240 valence electrons. The number of hydrogen-bond acceptors (Lipinski definition) is 8. The maximum absolute atomic E-state index is 13.5. The second kappa shape index (κ2) is 12.0. The predicted octanol–water partition coefficient (Wildman–Crippen LogP) is 4.69. The van der Waals surface area contributed by atoms with Crippen LogP contribution in [0.5, 0.6) is 0 Å². The molecule has 2 aliphatic carbocycles. The van der Waals surface area contributed by atoms with Crippen LogP contribution in [0.15, 0.2) is 84.0 Å². The minimum absolute atomic E-state index is 0.0446. The first-order valence-corrected chi connectivity index (χ1v) is 16.2. The zero-order chi connectivity index (χ0) is 32.1. The summed E-state index contributed by atoms with van der Waals surface area (Å²) in [6, 6.07) is 5.06. The van der Waals surface area contributed by atoms with Gasteiger partial charge in [0.1, 0.15) is 17.7 Å². The Labute approximate surface area is 266 Å². The molecule has 0 aromatic carbocycles. The number of hydrogen-bond donors (Lipinski definition) is 3. The zero-order valence-corrected chi connectivity index (χ0v) is 26.8. The summed E-state index contributed by atoms with van der Waals surface area (Å²) in [7, 11) is 1.96. The standard InChI is InChI=1S/C36H46N4O5/c1-6-28-33(43)40-20-23(11-13-32(40)39(28)5)17-24-18-25(34(44)45-24)27(38-31-9-7-8-16-37-31)19-26-22(2)10-12-29-35(26,3)15-14-30(42)36(29,4)21-41/h7-9,11,13,16-18,20,26-30,32,41-42H,2,6,10,12,14-15,19,21H2,1,3-5H3,(H,37,38)/b24-17+/t26?,27?,28?,29?,30-,32?,35-,36+/m1/s1. The lowest BCUT2D eigenvalue weighted by Gasteiger charge is -2.60. The van der Waals surface area contributed by atoms with Crippen LogP contribution in [0, 0.1) is 22.7 Å². The molecule has 1 saturated heterocycles. The maximum Gasteiger partial charge on any atom is 0.341 e. The number of likely N-dealkylation sites (N-methyl/N-ethyl adjacent to an activating group) is 1. The van der Waals surface area contributed by atoms with Crippen LogP contribution in [0.25, 0.3) is 0 Å². The van der Waals surface area contributed by atoms with E-state index < -0.39 is 23.5 Å². The smallest absolute Gasteiger partial charge is 0.341 e. The van der Waals surface area contributed by atoms with Gasteiger partial charge in [0.15, 0.2) is 0 Å². The molecule has 9 heteroatoms. The number of anilines is 1. The van der Waals surface area contributed by atoms with Gasteiger partial charge >= 0.3 is 5.97 Å². The lowest BCUT2D eigenvalue weighted by molar-refractivity contribution is -0.152. The first-order chi connectivity index (χ1) is 21.5. The van der Waals surface area contributed by atoms with Gasteiger partial charge in [-0.2, -0.15) is 0 Å². The van der Waals surface area contributed by atoms with E-state index in [-0.39, 0.29) is 42.0 Å². The summed E-state index contributed by atoms with van der Waals surface area (Å²) >= 11 is 0. The molecular weight excluding hydrogens is 568 g/mol. The third-order valence-corrected chi connectivity index (χ3v) is 11.4. The lowest BCUT2D eigenvalue weighted by atomic mass is 9.46. The number of aliphatic hydroxyl groups excluding tert-OH is 2. The Bertz CT molecular complexity index is 1480. The number of pyridine rings is 1. The van der Waals surface area contributed by atoms with Gasteiger partial charge in [-0.05, 0) is 98.8 Å². The van der Waals surface area contributed by atoms with Crippen LogP contribution in [0.3, 0.4) is 0 Å². The van der Waals surface area contributed by atoms with Gasteiger partial charge in [-0.3, -0.25) is 14.6 Å². The molecule has 2 saturated carbocycles. The third kappa shape index (κ3) is 5.38. The second-order valence-corrected chi connectivity index (χ2v) is 13.9. The summed E-state index contributed by atoms with van der Waals surface area (Å²) in [5.74, 6) is 0.878. The number of aliphatic hydroxyl groups is 2. The maximum atomic E-state index is 13.5. The van der Waals surface area contributed by atoms with Crippen molar-refractivity contribution >= 4 is 17.7 Å². The van der Waals surface area contributed by atoms with E-state index >= 15 is 0 Å². The molecule has 8 atom stereocenters. The number of allylic oxidation sites excluding steroid dienone is 5. The average molecular weight is 615 g/mol. The summed E-state index contributed by atoms with van der Waals surface area (Å²) in [4.78, 5) is 34.8. The molecule has 1 aromatic rings. The van der Waals surface area contributed by atoms with Gasteiger partial charge in [0, 0.05) is 17.8 Å². The van der Waals surface area contributed by atoms with Crippen molar-refractivity contribution in [1.29, 1.82) is 0 Å². The van der Waals surface area contributed by atoms with E-state index in [2.05, 4.69) is 28.7 Å². The largest absolute Gasteiger partial charge is 0.423 e. The van der Waals surface area contributed by atoms with E-state index in [4.69, 9.17) is 4.74 Å². The predicted molar refractivity (Wildman–Crippen MR) is 172 cm³/mol. The zero-order valence-electron chi connectivity index (χ0n) is 26.8. The molecule has 0 spiro atoms. The van der Waals surface area contributed by atoms with Crippen molar-refractivity contribution in [2.45, 2.75) is 83.6 Å². The van der Waals surface area contributed by atoms with Gasteiger partial charge in [-0.25, -0.2) is 9.78 Å². The molecule has 0 radical (unpaired) electrons. The highest BCUT2D eigenvalue weighted by Gasteiger charge is 2.58. The Balaban J connectivity index is 1.31. The van der Waals surface area contributed by atoms with E-state index in [1.54, 1.807) is 23.2 Å². The van der Waals surface area contributed by atoms with Crippen LogP contribution in [-0.2, 0) is 14.3 Å². The molecule has 4 heterocycles. The monoisotopic (exact) mass is 614 g/mol. The van der Waals surface area contributed by atoms with E-state index in [1.807, 2.05) is 57.4 Å². The van der Waals surface area contributed by atoms with E-state index in [9.17, 15) is 19.8 Å². The molecule has 3 fully saturated rings. The Kier molecular flexibility index (Phi) is 8.39. The van der Waals surface area contributed by atoms with Gasteiger partial charge in [0.25, 0.3) is 0 Å². The topological polar surface area (TPSA) is 115 Å². The van der Waals surface area contributed by atoms with Crippen molar-refractivity contribution in [3.63, 3.8) is 0 Å². The fraction of sp³-hybridized carbons (Fsp3) is 0.528. The molecule has 1 aromatic heterocycles. The first kappa shape index (κ1) is 31.5. The quantitative estimate of drug-likeness (QED) is 0.285. The lowest BCUT2D eigenvalue weighted by Crippen LogP contribution is -2.58. The number of amides is 1. The van der Waals surface area contributed by atoms with Gasteiger partial charge in [0.2, 0.25) is 5.91 Å². The second-order valence-electron chi connectivity index (χ2n) is 13.9. The SMILES string of the molecule is C=C1CCC2[C@](C)(CC[C@@H](O)[C@@]2(C)CO)C1CC(Nc1ccccn1)C1=C/C(=C\C2=CN3C(=O)C(CC)N(C)C3C=C2)OC1=O. The fourth-order valence-electron chi connectivity index (χ4n) is 8.82. The normalized spacial score (nSPS) is 36.4. The number of fused-ring (bicyclic) bond motifs is 2. The number of ether oxygens (including phenoxy) is 1. The molecule has 5 aliphatic rings. The average Bonchev–Trinajstić information content (AvgIpc) is 3.51. The summed E-state index contributed by atoms with van der Waals surface area (Å²) < 4.78 is 5.80. The molecule has 1 amide bonds. The third-order valence-electron chi connectivity index (χ3n) is 11.4. The number of carbonyl (C=O) groups excluding carboxylic acids is 2. The Hall–Kier alpha value is -3.53. The number of cyclic esters (lactones) is 1. The van der Waals surface area contributed by atoms with Crippen LogP contribution in [0.2, 0.25) is 0 Å². The molecule has 3 N–H and O–H groups in total. The minimum atomic E-state index is -0.597. The van der Waals surface area contributed by atoms with E-state index in [0.29, 0.717) is 30.0 Å². The molecular formula is C36H46N4O5. The van der Waals surface area contributed by atoms with Crippen molar-refractivity contribution in [2.75, 3.05) is 19.0 Å². The number of nitrogens with zero attached hydrogens (tertiary/aromatic N) is 3. The van der Waals surface area contributed by atoms with Crippen molar-refractivity contribution in [3.8, 4) is 0 Å². The summed E-state index contributed by atoms with van der Waals surface area (Å²) in [5, 5.41) is 25.0. The van der Waals surface area contributed by atoms with Gasteiger partial charge in [-0.15, -0.1) is 0 Å². The first-order valence-electron chi connectivity index (χ1n) is 16.2. The van der Waals surface area contributed by atoms with Crippen LogP contribution < -0.4 is 5.32 Å². The van der Waals surface area contributed by atoms with Crippen LogP contribution in [-0.4, -0.2) is 74.9 Å². The Morgan fingerprint density at radius 3 is 2.78 bits per heavy atom. The summed E-state index contributed by atoms with van der Waals surface area (Å²) in [5.41, 5.74) is 1.61. The summed E-state index contributed by atoms with van der Waals surface area (Å²) in [6.45, 7) is 10.7. The Morgan fingerprint density at radius 1 is 1.27 bits per heavy atom. The van der Waals surface area contributed by atoms with Crippen molar-refractivity contribution < 1.29 is 24.5 Å². The van der Waals surface area contributed by atoms with Crippen molar-refractivity contribution in [2.24, 2.45) is 22.7 Å². The number of carbonyl (C=O) groups is 2. The number of aromatic nitrogens is 1. The molecule has 9 nitrogen and oxygen atoms in total. The minimum Gasteiger partial charge on any atom is -0.423 e. The van der Waals surface area contributed by atoms with Gasteiger partial charge in [0.05, 0.1) is 30.4 Å². The number of nitrogens with one attached hydrogen (secondary N) is 1. The van der Waals surface area contributed by atoms with Crippen LogP contribution in [0.4, 0.5) is 5.82 Å². The molecule has 0 bridgehead atoms. The van der Waals surface area contributed by atoms with Crippen molar-refractivity contribution in [1.82, 2.24) is 14.8 Å². The van der Waals surface area contributed by atoms with Crippen molar-refractivity contribution in [3.05, 3.63) is 84.0 Å². The number of esters is 1. The molecule has 45 heavy (non-hydrogen) atoms.